The first-order valence-corrected chi connectivity index (χ1v) is 10.7. The van der Waals surface area contributed by atoms with Crippen LogP contribution in [0.5, 0.6) is 0 Å². The number of morpholine rings is 1. The van der Waals surface area contributed by atoms with Gasteiger partial charge in [0, 0.05) is 52.4 Å². The number of hydrogen-bond donors (Lipinski definition) is 2. The highest BCUT2D eigenvalue weighted by Gasteiger charge is 2.24. The fourth-order valence-corrected chi connectivity index (χ4v) is 3.94. The number of aliphatic imine (C=N–C) groups is 1. The molecule has 0 aromatic carbocycles. The largest absolute Gasteiger partial charge is 0.383 e. The number of hydrogen-bond acceptors (Lipinski definition) is 5. The topological polar surface area (TPSA) is 61.4 Å². The van der Waals surface area contributed by atoms with Gasteiger partial charge in [-0.1, -0.05) is 13.8 Å². The van der Waals surface area contributed by atoms with E-state index in [1.54, 1.807) is 7.11 Å². The molecule has 0 aromatic heterocycles. The highest BCUT2D eigenvalue weighted by atomic mass is 127. The van der Waals surface area contributed by atoms with Gasteiger partial charge in [0.25, 0.3) is 0 Å². The summed E-state index contributed by atoms with van der Waals surface area (Å²) >= 11 is 0. The van der Waals surface area contributed by atoms with Crippen LogP contribution in [0.25, 0.3) is 0 Å². The summed E-state index contributed by atoms with van der Waals surface area (Å²) in [7, 11) is 1.77. The molecule has 2 N–H and O–H groups in total. The van der Waals surface area contributed by atoms with Crippen LogP contribution >= 0.6 is 24.0 Å². The minimum Gasteiger partial charge on any atom is -0.383 e. The zero-order chi connectivity index (χ0) is 19.5. The second-order valence-electron chi connectivity index (χ2n) is 8.07. The second-order valence-corrected chi connectivity index (χ2v) is 8.07. The van der Waals surface area contributed by atoms with E-state index in [-0.39, 0.29) is 30.1 Å². The Morgan fingerprint density at radius 2 is 2.11 bits per heavy atom. The number of nitrogens with zero attached hydrogens (tertiary/aromatic N) is 3. The van der Waals surface area contributed by atoms with Crippen LogP contribution in [0.4, 0.5) is 0 Å². The van der Waals surface area contributed by atoms with E-state index in [0.717, 1.165) is 71.5 Å². The van der Waals surface area contributed by atoms with Gasteiger partial charge < -0.3 is 20.1 Å². The molecule has 8 heteroatoms. The third-order valence-electron chi connectivity index (χ3n) is 5.23. The lowest BCUT2D eigenvalue weighted by atomic mass is 10.2. The fourth-order valence-electron chi connectivity index (χ4n) is 3.94. The molecule has 2 rings (SSSR count). The van der Waals surface area contributed by atoms with Crippen molar-refractivity contribution in [2.24, 2.45) is 10.9 Å². The van der Waals surface area contributed by atoms with Crippen LogP contribution in [0.2, 0.25) is 0 Å². The average Bonchev–Trinajstić information content (AvgIpc) is 3.09. The Morgan fingerprint density at radius 1 is 1.29 bits per heavy atom. The van der Waals surface area contributed by atoms with E-state index >= 15 is 0 Å². The molecule has 0 spiro atoms. The molecule has 7 nitrogen and oxygen atoms in total. The summed E-state index contributed by atoms with van der Waals surface area (Å²) in [5.74, 6) is 1.60. The van der Waals surface area contributed by atoms with Crippen molar-refractivity contribution in [3.05, 3.63) is 0 Å². The highest BCUT2D eigenvalue weighted by Crippen LogP contribution is 2.16. The third-order valence-corrected chi connectivity index (χ3v) is 5.23. The zero-order valence-electron chi connectivity index (χ0n) is 18.3. The van der Waals surface area contributed by atoms with Gasteiger partial charge in [-0.15, -0.1) is 24.0 Å². The van der Waals surface area contributed by atoms with Crippen LogP contribution in [0.1, 0.15) is 33.6 Å². The van der Waals surface area contributed by atoms with E-state index in [2.05, 4.69) is 41.2 Å². The second kappa shape index (κ2) is 14.8. The van der Waals surface area contributed by atoms with Gasteiger partial charge in [0.1, 0.15) is 0 Å². The molecule has 166 valence electrons. The monoisotopic (exact) mass is 511 g/mol. The molecule has 28 heavy (non-hydrogen) atoms. The Kier molecular flexibility index (Phi) is 13.6. The molecule has 2 aliphatic rings. The van der Waals surface area contributed by atoms with Gasteiger partial charge >= 0.3 is 0 Å². The quantitative estimate of drug-likeness (QED) is 0.264. The van der Waals surface area contributed by atoms with Crippen molar-refractivity contribution in [1.29, 1.82) is 0 Å². The Morgan fingerprint density at radius 3 is 2.82 bits per heavy atom. The zero-order valence-corrected chi connectivity index (χ0v) is 20.6. The first-order valence-electron chi connectivity index (χ1n) is 10.7. The van der Waals surface area contributed by atoms with Gasteiger partial charge in [-0.2, -0.15) is 0 Å². The van der Waals surface area contributed by atoms with Crippen molar-refractivity contribution in [2.75, 3.05) is 72.7 Å². The van der Waals surface area contributed by atoms with Crippen molar-refractivity contribution >= 4 is 29.9 Å². The minimum absolute atomic E-state index is 0. The van der Waals surface area contributed by atoms with Crippen LogP contribution in [0.3, 0.4) is 0 Å². The smallest absolute Gasteiger partial charge is 0.191 e. The van der Waals surface area contributed by atoms with E-state index in [1.807, 2.05) is 0 Å². The maximum Gasteiger partial charge on any atom is 0.191 e. The summed E-state index contributed by atoms with van der Waals surface area (Å²) in [5.41, 5.74) is 0. The summed E-state index contributed by atoms with van der Waals surface area (Å²) < 4.78 is 11.2. The number of rotatable bonds is 10. The van der Waals surface area contributed by atoms with Crippen molar-refractivity contribution < 1.29 is 9.47 Å². The van der Waals surface area contributed by atoms with Crippen molar-refractivity contribution in [3.63, 3.8) is 0 Å². The Hall–Kier alpha value is -0.160. The molecule has 0 aliphatic carbocycles. The highest BCUT2D eigenvalue weighted by molar-refractivity contribution is 14.0. The molecule has 0 saturated carbocycles. The van der Waals surface area contributed by atoms with Gasteiger partial charge in [0.15, 0.2) is 5.96 Å². The van der Waals surface area contributed by atoms with Crippen molar-refractivity contribution in [1.82, 2.24) is 20.4 Å². The molecule has 0 radical (unpaired) electrons. The standard InChI is InChI=1S/C20H41N5O2.HI/c1-5-21-20(22-13-18-7-6-8-25(18)10-11-26-4)23-14-19-16-24(9-12-27-19)15-17(2)3;/h17-19H,5-16H2,1-4H3,(H2,21,22,23);1H. The number of methoxy groups -OCH3 is 1. The van der Waals surface area contributed by atoms with Crippen LogP contribution in [-0.2, 0) is 9.47 Å². The van der Waals surface area contributed by atoms with E-state index < -0.39 is 0 Å². The van der Waals surface area contributed by atoms with Gasteiger partial charge in [0.2, 0.25) is 0 Å². The summed E-state index contributed by atoms with van der Waals surface area (Å²) in [6, 6.07) is 0.531. The Labute approximate surface area is 189 Å². The maximum atomic E-state index is 5.95. The van der Waals surface area contributed by atoms with Crippen LogP contribution in [-0.4, -0.2) is 101 Å². The van der Waals surface area contributed by atoms with Crippen molar-refractivity contribution in [3.8, 4) is 0 Å². The molecule has 0 amide bonds. The van der Waals surface area contributed by atoms with E-state index in [1.165, 1.54) is 12.8 Å². The summed E-state index contributed by atoms with van der Waals surface area (Å²) in [4.78, 5) is 9.86. The summed E-state index contributed by atoms with van der Waals surface area (Å²) in [6.07, 6.45) is 2.71. The van der Waals surface area contributed by atoms with Gasteiger partial charge in [-0.25, -0.2) is 0 Å². The van der Waals surface area contributed by atoms with Gasteiger partial charge in [0.05, 0.1) is 25.9 Å². The van der Waals surface area contributed by atoms with E-state index in [9.17, 15) is 0 Å². The fraction of sp³-hybridized carbons (Fsp3) is 0.950. The molecular formula is C20H42IN5O2. The molecule has 0 aromatic rings. The summed E-state index contributed by atoms with van der Waals surface area (Å²) in [5, 5.41) is 6.86. The number of guanidine groups is 1. The molecule has 0 bridgehead atoms. The normalized spacial score (nSPS) is 24.4. The molecule has 2 fully saturated rings. The third kappa shape index (κ3) is 9.56. The lowest BCUT2D eigenvalue weighted by Crippen LogP contribution is -2.50. The molecule has 2 atom stereocenters. The SMILES string of the molecule is CCNC(=NCC1CCCN1CCOC)NCC1CN(CC(C)C)CCO1.I. The van der Waals surface area contributed by atoms with E-state index in [4.69, 9.17) is 14.5 Å². The van der Waals surface area contributed by atoms with Crippen LogP contribution in [0, 0.1) is 5.92 Å². The number of ether oxygens (including phenoxy) is 2. The number of halogens is 1. The summed E-state index contributed by atoms with van der Waals surface area (Å²) in [6.45, 7) is 16.1. The van der Waals surface area contributed by atoms with Gasteiger partial charge in [-0.05, 0) is 32.2 Å². The molecule has 2 heterocycles. The minimum atomic E-state index is 0. The number of likely N-dealkylation sites (tertiary alicyclic amines) is 1. The maximum absolute atomic E-state index is 5.95. The lowest BCUT2D eigenvalue weighted by Gasteiger charge is -2.34. The van der Waals surface area contributed by atoms with E-state index in [0.29, 0.717) is 12.0 Å². The first-order chi connectivity index (χ1) is 13.1. The van der Waals surface area contributed by atoms with Crippen molar-refractivity contribution in [2.45, 2.75) is 45.8 Å². The Balaban J connectivity index is 0.00000392. The molecular weight excluding hydrogens is 469 g/mol. The molecule has 2 unspecified atom stereocenters. The predicted octanol–water partition coefficient (Wildman–Crippen LogP) is 1.63. The lowest BCUT2D eigenvalue weighted by molar-refractivity contribution is -0.0284. The predicted molar refractivity (Wildman–Crippen MR) is 127 cm³/mol. The van der Waals surface area contributed by atoms with Gasteiger partial charge in [-0.3, -0.25) is 14.8 Å². The van der Waals surface area contributed by atoms with Crippen LogP contribution in [0.15, 0.2) is 4.99 Å². The molecule has 2 saturated heterocycles. The average molecular weight is 511 g/mol. The van der Waals surface area contributed by atoms with Crippen LogP contribution < -0.4 is 10.6 Å². The molecule has 2 aliphatic heterocycles. The Bertz CT molecular complexity index is 439. The number of nitrogens with one attached hydrogen (secondary N) is 2. The first kappa shape index (κ1) is 25.9.